The van der Waals surface area contributed by atoms with E-state index in [1.165, 1.54) is 4.68 Å². The number of carbonyl (C=O) groups excluding carboxylic acids is 1. The first-order valence-corrected chi connectivity index (χ1v) is 12.1. The van der Waals surface area contributed by atoms with Crippen LogP contribution in [0, 0.1) is 0 Å². The normalized spacial score (nSPS) is 11.4. The van der Waals surface area contributed by atoms with Crippen molar-refractivity contribution in [1.82, 2.24) is 20.0 Å². The number of methoxy groups -OCH3 is 1. The highest BCUT2D eigenvalue weighted by Gasteiger charge is 2.24. The fraction of sp³-hybridized carbons (Fsp3) is 0.111. The fourth-order valence-corrected chi connectivity index (χ4v) is 4.32. The number of para-hydroxylation sites is 2. The Balaban J connectivity index is 1.49. The van der Waals surface area contributed by atoms with Crippen molar-refractivity contribution in [3.8, 4) is 5.75 Å². The molecular weight excluding hydrogens is 520 g/mol. The maximum atomic E-state index is 13.3. The first kappa shape index (κ1) is 23.5. The number of rotatable bonds is 7. The summed E-state index contributed by atoms with van der Waals surface area (Å²) in [7, 11) is 1.63. The number of nitrogens with zero attached hydrogens (tertiary/aromatic N) is 4. The molecule has 5 rings (SSSR count). The molecule has 0 aliphatic heterocycles. The summed E-state index contributed by atoms with van der Waals surface area (Å²) < 4.78 is 7.59. The van der Waals surface area contributed by atoms with Gasteiger partial charge in [0.25, 0.3) is 5.91 Å². The Morgan fingerprint density at radius 1 is 1.08 bits per heavy atom. The second-order valence-electron chi connectivity index (χ2n) is 8.11. The standard InChI is InChI=1S/C27H23BrN6O2/c1-36-20-11-9-17(10-12-20)13-14-30-27(35)23-24-26(33-22-8-3-2-7-21(22)32-24)34(25(23)29)31-16-18-5-4-6-19(28)15-18/h2-12,15-16H,13-14,29H2,1H3,(H,30,35). The molecule has 0 fully saturated rings. The van der Waals surface area contributed by atoms with E-state index >= 15 is 0 Å². The number of anilines is 1. The van der Waals surface area contributed by atoms with Gasteiger partial charge in [0, 0.05) is 11.0 Å². The average Bonchev–Trinajstić information content (AvgIpc) is 3.16. The van der Waals surface area contributed by atoms with E-state index in [1.807, 2.05) is 72.8 Å². The van der Waals surface area contributed by atoms with Crippen LogP contribution in [0.5, 0.6) is 5.75 Å². The lowest BCUT2D eigenvalue weighted by molar-refractivity contribution is 0.0956. The van der Waals surface area contributed by atoms with Gasteiger partial charge >= 0.3 is 0 Å². The lowest BCUT2D eigenvalue weighted by Gasteiger charge is -2.06. The smallest absolute Gasteiger partial charge is 0.257 e. The van der Waals surface area contributed by atoms with Crippen molar-refractivity contribution in [2.24, 2.45) is 5.10 Å². The first-order chi connectivity index (χ1) is 17.5. The Bertz CT molecular complexity index is 1590. The van der Waals surface area contributed by atoms with Crippen LogP contribution in [0.3, 0.4) is 0 Å². The van der Waals surface area contributed by atoms with Crippen LogP contribution in [0.15, 0.2) is 82.4 Å². The third-order valence-electron chi connectivity index (χ3n) is 5.73. The highest BCUT2D eigenvalue weighted by Crippen LogP contribution is 2.28. The molecule has 1 amide bonds. The minimum Gasteiger partial charge on any atom is -0.497 e. The largest absolute Gasteiger partial charge is 0.497 e. The van der Waals surface area contributed by atoms with Gasteiger partial charge in [-0.05, 0) is 53.9 Å². The molecule has 3 aromatic carbocycles. The zero-order valence-electron chi connectivity index (χ0n) is 19.5. The van der Waals surface area contributed by atoms with Gasteiger partial charge in [0.05, 0.1) is 24.4 Å². The molecule has 2 aromatic heterocycles. The number of nitrogens with two attached hydrogens (primary N) is 1. The summed E-state index contributed by atoms with van der Waals surface area (Å²) >= 11 is 3.47. The summed E-state index contributed by atoms with van der Waals surface area (Å²) in [6.45, 7) is 0.430. The zero-order chi connectivity index (χ0) is 25.1. The van der Waals surface area contributed by atoms with Gasteiger partial charge in [0.2, 0.25) is 0 Å². The Kier molecular flexibility index (Phi) is 6.64. The van der Waals surface area contributed by atoms with Gasteiger partial charge in [-0.2, -0.15) is 9.78 Å². The summed E-state index contributed by atoms with van der Waals surface area (Å²) in [5.74, 6) is 0.637. The van der Waals surface area contributed by atoms with Crippen molar-refractivity contribution < 1.29 is 9.53 Å². The molecule has 0 aliphatic rings. The summed E-state index contributed by atoms with van der Waals surface area (Å²) in [6, 6.07) is 22.9. The first-order valence-electron chi connectivity index (χ1n) is 11.3. The Morgan fingerprint density at radius 3 is 2.56 bits per heavy atom. The predicted molar refractivity (Wildman–Crippen MR) is 146 cm³/mol. The number of aromatic nitrogens is 3. The van der Waals surface area contributed by atoms with Crippen molar-refractivity contribution in [3.05, 3.63) is 94.0 Å². The number of hydrogen-bond acceptors (Lipinski definition) is 6. The van der Waals surface area contributed by atoms with Gasteiger partial charge < -0.3 is 15.8 Å². The molecular formula is C27H23BrN6O2. The van der Waals surface area contributed by atoms with E-state index in [-0.39, 0.29) is 17.3 Å². The van der Waals surface area contributed by atoms with E-state index in [0.717, 1.165) is 21.3 Å². The van der Waals surface area contributed by atoms with E-state index in [1.54, 1.807) is 13.3 Å². The second kappa shape index (κ2) is 10.2. The van der Waals surface area contributed by atoms with Crippen molar-refractivity contribution in [2.45, 2.75) is 6.42 Å². The molecule has 0 unspecified atom stereocenters. The molecule has 0 saturated carbocycles. The molecule has 36 heavy (non-hydrogen) atoms. The third kappa shape index (κ3) is 4.78. The fourth-order valence-electron chi connectivity index (χ4n) is 3.90. The van der Waals surface area contributed by atoms with Crippen LogP contribution in [0.4, 0.5) is 5.82 Å². The number of benzene rings is 3. The molecule has 3 N–H and O–H groups in total. The van der Waals surface area contributed by atoms with E-state index in [4.69, 9.17) is 20.4 Å². The number of hydrogen-bond donors (Lipinski definition) is 2. The highest BCUT2D eigenvalue weighted by molar-refractivity contribution is 9.10. The van der Waals surface area contributed by atoms with Crippen LogP contribution < -0.4 is 15.8 Å². The minimum absolute atomic E-state index is 0.175. The van der Waals surface area contributed by atoms with Crippen molar-refractivity contribution in [1.29, 1.82) is 0 Å². The molecule has 0 bridgehead atoms. The van der Waals surface area contributed by atoms with Crippen LogP contribution in [-0.4, -0.2) is 40.4 Å². The number of fused-ring (bicyclic) bond motifs is 2. The second-order valence-corrected chi connectivity index (χ2v) is 9.03. The molecule has 5 aromatic rings. The number of halogens is 1. The van der Waals surface area contributed by atoms with Crippen LogP contribution in [0.2, 0.25) is 0 Å². The SMILES string of the molecule is COc1ccc(CCNC(=O)c2c(N)n(N=Cc3cccc(Br)c3)c3nc4ccccc4nc23)cc1. The Morgan fingerprint density at radius 2 is 1.83 bits per heavy atom. The molecule has 180 valence electrons. The zero-order valence-corrected chi connectivity index (χ0v) is 21.1. The summed E-state index contributed by atoms with van der Waals surface area (Å²) in [4.78, 5) is 22.7. The molecule has 0 spiro atoms. The molecule has 0 radical (unpaired) electrons. The van der Waals surface area contributed by atoms with Gasteiger partial charge in [0.1, 0.15) is 22.6 Å². The quantitative estimate of drug-likeness (QED) is 0.287. The Hall–Kier alpha value is -4.24. The van der Waals surface area contributed by atoms with Gasteiger partial charge in [-0.3, -0.25) is 4.79 Å². The van der Waals surface area contributed by atoms with Crippen molar-refractivity contribution >= 4 is 56.1 Å². The van der Waals surface area contributed by atoms with Crippen LogP contribution in [0.25, 0.3) is 22.2 Å². The molecule has 0 atom stereocenters. The Labute approximate surface area is 215 Å². The minimum atomic E-state index is -0.327. The van der Waals surface area contributed by atoms with E-state index in [2.05, 4.69) is 26.3 Å². The monoisotopic (exact) mass is 542 g/mol. The lowest BCUT2D eigenvalue weighted by atomic mass is 10.1. The number of carbonyl (C=O) groups is 1. The number of amides is 1. The van der Waals surface area contributed by atoms with Crippen LogP contribution in [-0.2, 0) is 6.42 Å². The maximum Gasteiger partial charge on any atom is 0.257 e. The molecule has 9 heteroatoms. The summed E-state index contributed by atoms with van der Waals surface area (Å²) in [5, 5.41) is 7.51. The van der Waals surface area contributed by atoms with Crippen molar-refractivity contribution in [2.75, 3.05) is 19.4 Å². The van der Waals surface area contributed by atoms with Gasteiger partial charge in [-0.15, -0.1) is 0 Å². The van der Waals surface area contributed by atoms with Crippen LogP contribution >= 0.6 is 15.9 Å². The van der Waals surface area contributed by atoms with Crippen molar-refractivity contribution in [3.63, 3.8) is 0 Å². The predicted octanol–water partition coefficient (Wildman–Crippen LogP) is 4.79. The molecule has 0 saturated heterocycles. The third-order valence-corrected chi connectivity index (χ3v) is 6.22. The van der Waals surface area contributed by atoms with Gasteiger partial charge in [-0.1, -0.05) is 52.3 Å². The van der Waals surface area contributed by atoms with E-state index < -0.39 is 0 Å². The van der Waals surface area contributed by atoms with Crippen LogP contribution in [0.1, 0.15) is 21.5 Å². The van der Waals surface area contributed by atoms with E-state index in [9.17, 15) is 4.79 Å². The summed E-state index contributed by atoms with van der Waals surface area (Å²) in [5.41, 5.74) is 10.8. The lowest BCUT2D eigenvalue weighted by Crippen LogP contribution is -2.26. The topological polar surface area (TPSA) is 107 Å². The maximum absolute atomic E-state index is 13.3. The average molecular weight is 543 g/mol. The molecule has 2 heterocycles. The van der Waals surface area contributed by atoms with Gasteiger partial charge in [-0.25, -0.2) is 9.97 Å². The number of nitrogens with one attached hydrogen (secondary N) is 1. The molecule has 0 aliphatic carbocycles. The van der Waals surface area contributed by atoms with E-state index in [0.29, 0.717) is 35.2 Å². The number of ether oxygens (including phenoxy) is 1. The highest BCUT2D eigenvalue weighted by atomic mass is 79.9. The summed E-state index contributed by atoms with van der Waals surface area (Å²) in [6.07, 6.45) is 2.33. The number of nitrogen functional groups attached to an aromatic ring is 1. The van der Waals surface area contributed by atoms with Gasteiger partial charge in [0.15, 0.2) is 5.65 Å². The molecule has 8 nitrogen and oxygen atoms in total.